The first-order valence-electron chi connectivity index (χ1n) is 22.8. The molecule has 2 aromatic heterocycles. The molecular weight excluding hydrogens is 853 g/mol. The molecule has 3 aliphatic rings. The number of rotatable bonds is 11. The number of ketones is 1. The molecule has 0 bridgehead atoms. The number of carbonyl (C=O) groups excluding carboxylic acids is 5. The SMILES string of the molecule is CCc1cc2c(cc1N1CCN(C(=O)CCC(=O)N[C@H](C(=O)N3C[C@H](O)C[C@H]3C(=O)NCc3ccc(-c4scnc4C)cc3)C(C)(C)C)CC1)C(C)(C)c1[nH]c3cc(C#N)ccc3c1C2=O. The second-order valence-corrected chi connectivity index (χ2v) is 20.2. The molecule has 2 saturated heterocycles. The van der Waals surface area contributed by atoms with E-state index < -0.39 is 40.8 Å². The number of benzene rings is 3. The summed E-state index contributed by atoms with van der Waals surface area (Å²) < 4.78 is 0. The van der Waals surface area contributed by atoms with Crippen LogP contribution >= 0.6 is 11.3 Å². The van der Waals surface area contributed by atoms with Gasteiger partial charge in [-0.25, -0.2) is 4.98 Å². The van der Waals surface area contributed by atoms with Crippen molar-refractivity contribution in [2.75, 3.05) is 37.6 Å². The van der Waals surface area contributed by atoms with E-state index in [4.69, 9.17) is 0 Å². The van der Waals surface area contributed by atoms with Crippen LogP contribution in [0.4, 0.5) is 5.69 Å². The number of β-amino-alcohol motifs (C(OH)–C–C–N with tert-alkyl or cyclic N) is 1. The third-order valence-corrected chi connectivity index (χ3v) is 14.5. The quantitative estimate of drug-likeness (QED) is 0.121. The number of thiazole rings is 1. The lowest BCUT2D eigenvalue weighted by Crippen LogP contribution is -2.57. The maximum absolute atomic E-state index is 14.2. The first kappa shape index (κ1) is 46.2. The number of hydrogen-bond donors (Lipinski definition) is 4. The summed E-state index contributed by atoms with van der Waals surface area (Å²) in [4.78, 5) is 83.2. The van der Waals surface area contributed by atoms with E-state index in [0.717, 1.165) is 55.1 Å². The highest BCUT2D eigenvalue weighted by Crippen LogP contribution is 2.46. The Morgan fingerprint density at radius 2 is 1.76 bits per heavy atom. The van der Waals surface area contributed by atoms with Gasteiger partial charge in [0, 0.05) is 91.8 Å². The van der Waals surface area contributed by atoms with E-state index in [9.17, 15) is 34.3 Å². The Morgan fingerprint density at radius 1 is 1.03 bits per heavy atom. The molecule has 0 spiro atoms. The summed E-state index contributed by atoms with van der Waals surface area (Å²) >= 11 is 1.57. The minimum absolute atomic E-state index is 0.0345. The van der Waals surface area contributed by atoms with Crippen LogP contribution in [0.15, 0.2) is 60.1 Å². The van der Waals surface area contributed by atoms with Gasteiger partial charge in [-0.15, -0.1) is 11.3 Å². The lowest BCUT2D eigenvalue weighted by molar-refractivity contribution is -0.144. The number of anilines is 1. The third kappa shape index (κ3) is 8.84. The van der Waals surface area contributed by atoms with Gasteiger partial charge in [-0.3, -0.25) is 24.0 Å². The van der Waals surface area contributed by atoms with E-state index in [0.29, 0.717) is 49.3 Å². The van der Waals surface area contributed by atoms with Gasteiger partial charge < -0.3 is 35.4 Å². The number of nitrogens with one attached hydrogen (secondary N) is 3. The number of aryl methyl sites for hydroxylation is 2. The van der Waals surface area contributed by atoms with Gasteiger partial charge in [-0.1, -0.05) is 71.9 Å². The van der Waals surface area contributed by atoms with Crippen molar-refractivity contribution in [3.63, 3.8) is 0 Å². The summed E-state index contributed by atoms with van der Waals surface area (Å²) in [5, 5.41) is 26.8. The van der Waals surface area contributed by atoms with Gasteiger partial charge in [0.25, 0.3) is 0 Å². The number of fused-ring (bicyclic) bond motifs is 4. The number of aromatic nitrogens is 2. The van der Waals surface area contributed by atoms with Crippen molar-refractivity contribution >= 4 is 57.3 Å². The molecule has 344 valence electrons. The Bertz CT molecular complexity index is 2770. The van der Waals surface area contributed by atoms with Crippen LogP contribution in [0.25, 0.3) is 21.3 Å². The predicted molar refractivity (Wildman–Crippen MR) is 254 cm³/mol. The van der Waals surface area contributed by atoms with Crippen molar-refractivity contribution < 1.29 is 29.1 Å². The lowest BCUT2D eigenvalue weighted by atomic mass is 9.70. The number of aliphatic hydroxyl groups is 1. The maximum atomic E-state index is 14.2. The normalized spacial score (nSPS) is 18.4. The molecule has 15 heteroatoms. The molecule has 4 amide bonds. The minimum Gasteiger partial charge on any atom is -0.391 e. The van der Waals surface area contributed by atoms with Crippen molar-refractivity contribution in [2.45, 2.75) is 104 Å². The van der Waals surface area contributed by atoms with Crippen molar-refractivity contribution in [2.24, 2.45) is 5.41 Å². The molecule has 8 rings (SSSR count). The fourth-order valence-corrected chi connectivity index (χ4v) is 10.6. The number of carbonyl (C=O) groups is 5. The highest BCUT2D eigenvalue weighted by molar-refractivity contribution is 7.13. The molecule has 2 fully saturated rings. The zero-order chi connectivity index (χ0) is 47.2. The van der Waals surface area contributed by atoms with Gasteiger partial charge >= 0.3 is 0 Å². The Kier molecular flexibility index (Phi) is 12.7. The van der Waals surface area contributed by atoms with Crippen LogP contribution in [-0.4, -0.2) is 105 Å². The van der Waals surface area contributed by atoms with Gasteiger partial charge in [0.15, 0.2) is 5.78 Å². The molecule has 1 aliphatic carbocycles. The number of amides is 4. The van der Waals surface area contributed by atoms with Crippen molar-refractivity contribution in [3.8, 4) is 16.5 Å². The van der Waals surface area contributed by atoms with E-state index in [1.54, 1.807) is 28.4 Å². The average molecular weight is 911 g/mol. The number of nitriles is 1. The van der Waals surface area contributed by atoms with Crippen LogP contribution in [0.3, 0.4) is 0 Å². The molecule has 3 aromatic carbocycles. The van der Waals surface area contributed by atoms with Gasteiger partial charge in [0.1, 0.15) is 12.1 Å². The molecule has 4 heterocycles. The van der Waals surface area contributed by atoms with Gasteiger partial charge in [-0.2, -0.15) is 5.26 Å². The number of piperazine rings is 1. The Labute approximate surface area is 389 Å². The molecule has 0 radical (unpaired) electrons. The fourth-order valence-electron chi connectivity index (χ4n) is 9.75. The molecule has 0 unspecified atom stereocenters. The molecule has 0 saturated carbocycles. The minimum atomic E-state index is -1.00. The van der Waals surface area contributed by atoms with Crippen molar-refractivity contribution in [3.05, 3.63) is 105 Å². The number of aromatic amines is 1. The van der Waals surface area contributed by atoms with E-state index in [2.05, 4.69) is 58.4 Å². The molecular formula is C51H58N8O6S. The van der Waals surface area contributed by atoms with Crippen molar-refractivity contribution in [1.29, 1.82) is 5.26 Å². The molecule has 2 aliphatic heterocycles. The smallest absolute Gasteiger partial charge is 0.246 e. The van der Waals surface area contributed by atoms with Gasteiger partial charge in [0.05, 0.1) is 39.4 Å². The van der Waals surface area contributed by atoms with E-state index in [1.165, 1.54) is 4.90 Å². The Morgan fingerprint density at radius 3 is 2.41 bits per heavy atom. The highest BCUT2D eigenvalue weighted by atomic mass is 32.1. The highest BCUT2D eigenvalue weighted by Gasteiger charge is 2.45. The molecule has 66 heavy (non-hydrogen) atoms. The molecule has 14 nitrogen and oxygen atoms in total. The summed E-state index contributed by atoms with van der Waals surface area (Å²) in [6.07, 6.45) is -0.256. The Balaban J connectivity index is 0.866. The van der Waals surface area contributed by atoms with Crippen molar-refractivity contribution in [1.82, 2.24) is 30.4 Å². The first-order valence-corrected chi connectivity index (χ1v) is 23.6. The maximum Gasteiger partial charge on any atom is 0.246 e. The number of nitrogens with zero attached hydrogens (tertiary/aromatic N) is 5. The molecule has 4 N–H and O–H groups in total. The van der Waals surface area contributed by atoms with Gasteiger partial charge in [0.2, 0.25) is 23.6 Å². The summed E-state index contributed by atoms with van der Waals surface area (Å²) in [7, 11) is 0. The first-order chi connectivity index (χ1) is 31.4. The average Bonchev–Trinajstić information content (AvgIpc) is 4.04. The molecule has 3 atom stereocenters. The fraction of sp³-hybridized carbons (Fsp3) is 0.431. The van der Waals surface area contributed by atoms with Gasteiger partial charge in [-0.05, 0) is 65.3 Å². The zero-order valence-electron chi connectivity index (χ0n) is 38.7. The third-order valence-electron chi connectivity index (χ3n) is 13.5. The lowest BCUT2D eigenvalue weighted by Gasteiger charge is -2.39. The largest absolute Gasteiger partial charge is 0.391 e. The second kappa shape index (κ2) is 18.1. The number of aliphatic hydroxyl groups excluding tert-OH is 1. The van der Waals surface area contributed by atoms with Crippen LogP contribution in [0.5, 0.6) is 0 Å². The summed E-state index contributed by atoms with van der Waals surface area (Å²) in [6.45, 7) is 16.0. The Hall–Kier alpha value is -6.37. The van der Waals surface area contributed by atoms with Crippen LogP contribution in [-0.2, 0) is 37.6 Å². The standard InChI is InChI=1S/C51H58N8O6S/c1-8-32-22-36-37(51(6,7)46-43(44(36)63)35-14-11-31(25-52)21-38(35)55-46)24-39(32)57-17-19-58(20-18-57)42(62)16-15-41(61)56-47(50(3,4)5)49(65)59-27-34(60)23-40(59)48(64)53-26-30-9-12-33(13-10-30)45-29(2)54-28-66-45/h9-14,21-22,24,28,34,40,47,55,60H,8,15-20,23,26-27H2,1-7H3,(H,53,64)(H,56,61)/t34-,40+,47-/m1/s1. The van der Waals surface area contributed by atoms with E-state index in [-0.39, 0.29) is 49.9 Å². The summed E-state index contributed by atoms with van der Waals surface area (Å²) in [5.74, 6) is -1.49. The topological polar surface area (TPSA) is 192 Å². The number of hydrogen-bond acceptors (Lipinski definition) is 10. The molecule has 5 aromatic rings. The monoisotopic (exact) mass is 910 g/mol. The van der Waals surface area contributed by atoms with E-state index >= 15 is 0 Å². The van der Waals surface area contributed by atoms with E-state index in [1.807, 2.05) is 69.6 Å². The van der Waals surface area contributed by atoms with Crippen LogP contribution in [0.2, 0.25) is 0 Å². The van der Waals surface area contributed by atoms with Crippen LogP contribution in [0, 0.1) is 23.7 Å². The summed E-state index contributed by atoms with van der Waals surface area (Å²) in [6, 6.07) is 17.7. The predicted octanol–water partition coefficient (Wildman–Crippen LogP) is 6.14. The number of likely N-dealkylation sites (tertiary alicyclic amines) is 1. The number of H-pyrrole nitrogens is 1. The summed E-state index contributed by atoms with van der Waals surface area (Å²) in [5.41, 5.74) is 9.89. The van der Waals surface area contributed by atoms with Crippen LogP contribution in [0.1, 0.15) is 110 Å². The second-order valence-electron chi connectivity index (χ2n) is 19.4. The van der Waals surface area contributed by atoms with Crippen LogP contribution < -0.4 is 15.5 Å². The zero-order valence-corrected chi connectivity index (χ0v) is 39.5.